The summed E-state index contributed by atoms with van der Waals surface area (Å²) in [5.74, 6) is -1.14. The lowest BCUT2D eigenvalue weighted by molar-refractivity contribution is -0.146. The van der Waals surface area contributed by atoms with Crippen LogP contribution in [0.15, 0.2) is 65.9 Å². The maximum absolute atomic E-state index is 14.2. The van der Waals surface area contributed by atoms with Crippen molar-refractivity contribution in [1.29, 1.82) is 0 Å². The second-order valence-electron chi connectivity index (χ2n) is 11.5. The fourth-order valence-corrected chi connectivity index (χ4v) is 7.24. The normalized spacial score (nSPS) is 34.6. The molecular formula is C32H38N2O4. The van der Waals surface area contributed by atoms with E-state index in [1.165, 1.54) is 0 Å². The number of hydrogen-bond donors (Lipinski definition) is 3. The molecule has 1 spiro atoms. The highest BCUT2D eigenvalue weighted by Crippen LogP contribution is 2.55. The number of benzene rings is 1. The standard InChI is InChI=1S/C32H38N2O4/c1-19-7-6-8-24-15-23(18-35)21(3)30-28(16-22-17-33-27-10-5-4-9-26(22)27)34-31(38)32(24,30)29(37)12-11-25(36)14-20(2)13-19/h4-6,8-10,13,15,17,19,21,24,28,30,33,35H,7,11-12,14,16,18H2,1-3H3,(H,34,38)/b8-6+,20-13+/t19-,21+,24-,28-,30-,32+/m0/s1. The van der Waals surface area contributed by atoms with Crippen molar-refractivity contribution in [2.24, 2.45) is 29.1 Å². The van der Waals surface area contributed by atoms with Crippen LogP contribution in [0.3, 0.4) is 0 Å². The van der Waals surface area contributed by atoms with Crippen LogP contribution in [0.4, 0.5) is 0 Å². The van der Waals surface area contributed by atoms with E-state index in [-0.39, 0.29) is 60.7 Å². The molecule has 0 unspecified atom stereocenters. The Morgan fingerprint density at radius 1 is 1.08 bits per heavy atom. The fraction of sp³-hybridized carbons (Fsp3) is 0.469. The van der Waals surface area contributed by atoms with Crippen LogP contribution >= 0.6 is 0 Å². The smallest absolute Gasteiger partial charge is 0.235 e. The van der Waals surface area contributed by atoms with Gasteiger partial charge < -0.3 is 15.4 Å². The molecule has 200 valence electrons. The molecule has 0 radical (unpaired) electrons. The van der Waals surface area contributed by atoms with Gasteiger partial charge in [0.05, 0.1) is 6.61 Å². The van der Waals surface area contributed by atoms with Crippen LogP contribution in [0.5, 0.6) is 0 Å². The van der Waals surface area contributed by atoms with Crippen LogP contribution in [0.1, 0.15) is 52.0 Å². The molecule has 6 nitrogen and oxygen atoms in total. The lowest BCUT2D eigenvalue weighted by Gasteiger charge is -2.45. The van der Waals surface area contributed by atoms with Crippen molar-refractivity contribution >= 4 is 28.4 Å². The number of ketones is 2. The number of amides is 1. The minimum atomic E-state index is -1.30. The van der Waals surface area contributed by atoms with E-state index in [2.05, 4.69) is 35.4 Å². The second-order valence-corrected chi connectivity index (χ2v) is 11.5. The van der Waals surface area contributed by atoms with Gasteiger partial charge in [0, 0.05) is 54.2 Å². The number of para-hydroxylation sites is 1. The van der Waals surface area contributed by atoms with Crippen molar-refractivity contribution in [3.05, 3.63) is 71.5 Å². The van der Waals surface area contributed by atoms with Gasteiger partial charge >= 0.3 is 0 Å². The predicted octanol–water partition coefficient (Wildman–Crippen LogP) is 4.85. The van der Waals surface area contributed by atoms with Gasteiger partial charge in [0.15, 0.2) is 0 Å². The summed E-state index contributed by atoms with van der Waals surface area (Å²) >= 11 is 0. The number of allylic oxidation sites excluding steroid dienone is 5. The number of rotatable bonds is 3. The zero-order valence-corrected chi connectivity index (χ0v) is 22.5. The third kappa shape index (κ3) is 4.49. The number of aromatic amines is 1. The van der Waals surface area contributed by atoms with Gasteiger partial charge in [-0.15, -0.1) is 0 Å². The molecule has 0 bridgehead atoms. The average molecular weight is 515 g/mol. The molecule has 1 aliphatic heterocycles. The van der Waals surface area contributed by atoms with E-state index in [1.807, 2.05) is 50.4 Å². The molecule has 2 aromatic rings. The first-order chi connectivity index (χ1) is 18.2. The number of carbonyl (C=O) groups is 3. The second kappa shape index (κ2) is 10.5. The number of aliphatic hydroxyl groups excluding tert-OH is 1. The fourth-order valence-electron chi connectivity index (χ4n) is 7.24. The molecule has 1 fully saturated rings. The summed E-state index contributed by atoms with van der Waals surface area (Å²) in [6, 6.07) is 7.80. The van der Waals surface area contributed by atoms with Gasteiger partial charge in [-0.05, 0) is 48.8 Å². The van der Waals surface area contributed by atoms with Crippen LogP contribution in [-0.4, -0.2) is 40.2 Å². The predicted molar refractivity (Wildman–Crippen MR) is 148 cm³/mol. The topological polar surface area (TPSA) is 99.3 Å². The SMILES string of the molecule is C/C1=C\[C@@H](C)C/C=C/[C@H]2C=C(CO)[C@@H](C)[C@H]3[C@H](Cc4c[nH]c5ccccc45)NC(=O)[C@]32C(=O)CCC(=O)C1. The van der Waals surface area contributed by atoms with Crippen LogP contribution < -0.4 is 5.32 Å². The largest absolute Gasteiger partial charge is 0.392 e. The van der Waals surface area contributed by atoms with Crippen LogP contribution in [0, 0.1) is 29.1 Å². The first-order valence-corrected chi connectivity index (χ1v) is 13.8. The Bertz CT molecular complexity index is 1350. The zero-order chi connectivity index (χ0) is 27.0. The van der Waals surface area contributed by atoms with E-state index in [9.17, 15) is 19.5 Å². The summed E-state index contributed by atoms with van der Waals surface area (Å²) in [5, 5.41) is 14.6. The molecule has 1 aromatic carbocycles. The summed E-state index contributed by atoms with van der Waals surface area (Å²) in [5.41, 5.74) is 2.70. The van der Waals surface area contributed by atoms with Crippen molar-refractivity contribution < 1.29 is 19.5 Å². The zero-order valence-electron chi connectivity index (χ0n) is 22.5. The third-order valence-corrected chi connectivity index (χ3v) is 8.98. The Labute approximate surface area is 224 Å². The number of fused-ring (bicyclic) bond motifs is 1. The minimum Gasteiger partial charge on any atom is -0.392 e. The van der Waals surface area contributed by atoms with Gasteiger partial charge in [0.1, 0.15) is 17.0 Å². The van der Waals surface area contributed by atoms with Gasteiger partial charge in [-0.1, -0.05) is 61.9 Å². The molecule has 1 aromatic heterocycles. The number of Topliss-reactive ketones (excluding diaryl/α,β-unsaturated/α-hetero) is 2. The van der Waals surface area contributed by atoms with E-state index in [1.54, 1.807) is 0 Å². The van der Waals surface area contributed by atoms with E-state index < -0.39 is 11.3 Å². The van der Waals surface area contributed by atoms with Gasteiger partial charge in [-0.3, -0.25) is 14.4 Å². The highest BCUT2D eigenvalue weighted by atomic mass is 16.3. The highest BCUT2D eigenvalue weighted by molar-refractivity contribution is 6.10. The summed E-state index contributed by atoms with van der Waals surface area (Å²) in [7, 11) is 0. The van der Waals surface area contributed by atoms with Crippen LogP contribution in [0.2, 0.25) is 0 Å². The summed E-state index contributed by atoms with van der Waals surface area (Å²) < 4.78 is 0. The number of hydrogen-bond acceptors (Lipinski definition) is 4. The first-order valence-electron chi connectivity index (χ1n) is 13.8. The van der Waals surface area contributed by atoms with Crippen LogP contribution in [0.25, 0.3) is 10.9 Å². The van der Waals surface area contributed by atoms with E-state index in [0.29, 0.717) is 12.8 Å². The molecule has 1 saturated heterocycles. The lowest BCUT2D eigenvalue weighted by atomic mass is 9.54. The summed E-state index contributed by atoms with van der Waals surface area (Å²) in [6.07, 6.45) is 11.9. The van der Waals surface area contributed by atoms with Crippen molar-refractivity contribution in [3.63, 3.8) is 0 Å². The Morgan fingerprint density at radius 2 is 1.87 bits per heavy atom. The Kier molecular flexibility index (Phi) is 7.28. The van der Waals surface area contributed by atoms with Gasteiger partial charge in [-0.25, -0.2) is 0 Å². The van der Waals surface area contributed by atoms with E-state index >= 15 is 0 Å². The maximum atomic E-state index is 14.2. The van der Waals surface area contributed by atoms with Crippen molar-refractivity contribution in [2.75, 3.05) is 6.61 Å². The molecule has 0 saturated carbocycles. The minimum absolute atomic E-state index is 0.0280. The Morgan fingerprint density at radius 3 is 2.66 bits per heavy atom. The number of aliphatic hydroxyl groups is 1. The average Bonchev–Trinajstić information content (AvgIpc) is 3.42. The molecule has 5 rings (SSSR count). The lowest BCUT2D eigenvalue weighted by Crippen LogP contribution is -2.52. The molecule has 3 aliphatic rings. The summed E-state index contributed by atoms with van der Waals surface area (Å²) in [6.45, 7) is 5.98. The maximum Gasteiger partial charge on any atom is 0.235 e. The Hall–Kier alpha value is -3.25. The van der Waals surface area contributed by atoms with Gasteiger partial charge in [-0.2, -0.15) is 0 Å². The molecule has 38 heavy (non-hydrogen) atoms. The van der Waals surface area contributed by atoms with Crippen molar-refractivity contribution in [2.45, 2.75) is 58.9 Å². The molecule has 1 amide bonds. The quantitative estimate of drug-likeness (QED) is 0.403. The molecule has 6 atom stereocenters. The molecule has 3 N–H and O–H groups in total. The first kappa shape index (κ1) is 26.4. The number of nitrogens with one attached hydrogen (secondary N) is 2. The number of aromatic nitrogens is 1. The van der Waals surface area contributed by atoms with Gasteiger partial charge in [0.25, 0.3) is 0 Å². The molecule has 2 aliphatic carbocycles. The van der Waals surface area contributed by atoms with Crippen molar-refractivity contribution in [3.8, 4) is 0 Å². The van der Waals surface area contributed by atoms with E-state index in [4.69, 9.17) is 0 Å². The summed E-state index contributed by atoms with van der Waals surface area (Å²) in [4.78, 5) is 44.3. The monoisotopic (exact) mass is 514 g/mol. The van der Waals surface area contributed by atoms with E-state index in [0.717, 1.165) is 34.0 Å². The number of carbonyl (C=O) groups excluding carboxylic acids is 3. The molecule has 6 heteroatoms. The van der Waals surface area contributed by atoms with Gasteiger partial charge in [0.2, 0.25) is 5.91 Å². The highest BCUT2D eigenvalue weighted by Gasteiger charge is 2.65. The van der Waals surface area contributed by atoms with Crippen molar-refractivity contribution in [1.82, 2.24) is 10.3 Å². The number of H-pyrrole nitrogens is 1. The van der Waals surface area contributed by atoms with Crippen LogP contribution in [-0.2, 0) is 20.8 Å². The molecular weight excluding hydrogens is 476 g/mol. The molecule has 2 heterocycles. The third-order valence-electron chi connectivity index (χ3n) is 8.98. The Balaban J connectivity index is 1.59.